The van der Waals surface area contributed by atoms with Crippen LogP contribution in [0.3, 0.4) is 0 Å². The zero-order chi connectivity index (χ0) is 13.8. The zero-order valence-corrected chi connectivity index (χ0v) is 12.2. The largest absolute Gasteiger partial charge is 0.370 e. The molecule has 1 aromatic carbocycles. The van der Waals surface area contributed by atoms with Gasteiger partial charge < -0.3 is 4.90 Å². The summed E-state index contributed by atoms with van der Waals surface area (Å²) in [6, 6.07) is 8.88. The fourth-order valence-electron chi connectivity index (χ4n) is 3.08. The van der Waals surface area contributed by atoms with Crippen LogP contribution in [0.25, 0.3) is 0 Å². The van der Waals surface area contributed by atoms with Crippen LogP contribution in [-0.4, -0.2) is 37.1 Å². The third-order valence-corrected chi connectivity index (χ3v) is 4.16. The minimum Gasteiger partial charge on any atom is -0.370 e. The van der Waals surface area contributed by atoms with Crippen LogP contribution in [0, 0.1) is 18.3 Å². The average molecular weight is 257 g/mol. The first kappa shape index (κ1) is 13.9. The zero-order valence-electron chi connectivity index (χ0n) is 12.2. The topological polar surface area (TPSA) is 30.3 Å². The maximum Gasteiger partial charge on any atom is 0.0991 e. The molecule has 102 valence electrons. The highest BCUT2D eigenvalue weighted by atomic mass is 15.2. The Morgan fingerprint density at radius 3 is 2.68 bits per heavy atom. The first-order chi connectivity index (χ1) is 9.19. The summed E-state index contributed by atoms with van der Waals surface area (Å²) in [6.45, 7) is 11.0. The van der Waals surface area contributed by atoms with Crippen molar-refractivity contribution in [2.75, 3.05) is 31.1 Å². The number of aryl methyl sites for hydroxylation is 1. The second kappa shape index (κ2) is 6.08. The molecule has 0 spiro atoms. The van der Waals surface area contributed by atoms with Gasteiger partial charge >= 0.3 is 0 Å². The SMILES string of the molecule is CCN(CC)C1CCN(c2ccc(C#N)cc2C)C1. The van der Waals surface area contributed by atoms with Crippen molar-refractivity contribution in [2.24, 2.45) is 0 Å². The van der Waals surface area contributed by atoms with Gasteiger partial charge in [-0.15, -0.1) is 0 Å². The Balaban J connectivity index is 2.11. The van der Waals surface area contributed by atoms with E-state index in [0.717, 1.165) is 31.7 Å². The van der Waals surface area contributed by atoms with Crippen LogP contribution >= 0.6 is 0 Å². The standard InChI is InChI=1S/C16H23N3/c1-4-18(5-2)15-8-9-19(12-15)16-7-6-14(11-17)10-13(16)3/h6-7,10,15H,4-5,8-9,12H2,1-3H3. The molecule has 3 heteroatoms. The molecule has 19 heavy (non-hydrogen) atoms. The van der Waals surface area contributed by atoms with Crippen molar-refractivity contribution < 1.29 is 0 Å². The Labute approximate surface area is 116 Å². The van der Waals surface area contributed by atoms with Crippen molar-refractivity contribution in [1.29, 1.82) is 5.26 Å². The summed E-state index contributed by atoms with van der Waals surface area (Å²) in [7, 11) is 0. The normalized spacial score (nSPS) is 18.9. The fraction of sp³-hybridized carbons (Fsp3) is 0.562. The average Bonchev–Trinajstić information content (AvgIpc) is 2.89. The molecule has 1 aliphatic heterocycles. The molecule has 0 aliphatic carbocycles. The van der Waals surface area contributed by atoms with Gasteiger partial charge in [-0.3, -0.25) is 4.90 Å². The van der Waals surface area contributed by atoms with Gasteiger partial charge in [0.25, 0.3) is 0 Å². The molecule has 0 saturated carbocycles. The van der Waals surface area contributed by atoms with E-state index < -0.39 is 0 Å². The highest BCUT2D eigenvalue weighted by molar-refractivity contribution is 5.57. The molecule has 0 bridgehead atoms. The molecule has 1 heterocycles. The number of nitriles is 1. The van der Waals surface area contributed by atoms with Gasteiger partial charge in [0.2, 0.25) is 0 Å². The number of benzene rings is 1. The van der Waals surface area contributed by atoms with E-state index in [1.54, 1.807) is 0 Å². The van der Waals surface area contributed by atoms with Gasteiger partial charge in [0.1, 0.15) is 0 Å². The van der Waals surface area contributed by atoms with E-state index in [1.807, 2.05) is 12.1 Å². The minimum absolute atomic E-state index is 0.671. The molecular formula is C16H23N3. The highest BCUT2D eigenvalue weighted by Gasteiger charge is 2.26. The molecule has 0 aromatic heterocycles. The Bertz CT molecular complexity index is 471. The lowest BCUT2D eigenvalue weighted by Gasteiger charge is -2.27. The van der Waals surface area contributed by atoms with E-state index in [9.17, 15) is 0 Å². The number of anilines is 1. The molecule has 2 rings (SSSR count). The Kier molecular flexibility index (Phi) is 4.44. The minimum atomic E-state index is 0.671. The summed E-state index contributed by atoms with van der Waals surface area (Å²) in [4.78, 5) is 5.00. The second-order valence-corrected chi connectivity index (χ2v) is 5.22. The van der Waals surface area contributed by atoms with Gasteiger partial charge in [-0.25, -0.2) is 0 Å². The van der Waals surface area contributed by atoms with E-state index in [4.69, 9.17) is 5.26 Å². The van der Waals surface area contributed by atoms with E-state index in [2.05, 4.69) is 42.7 Å². The number of likely N-dealkylation sites (N-methyl/N-ethyl adjacent to an activating group) is 1. The van der Waals surface area contributed by atoms with Crippen LogP contribution < -0.4 is 4.90 Å². The summed E-state index contributed by atoms with van der Waals surface area (Å²) in [5, 5.41) is 8.93. The summed E-state index contributed by atoms with van der Waals surface area (Å²) in [5.74, 6) is 0. The van der Waals surface area contributed by atoms with Gasteiger partial charge in [0, 0.05) is 24.8 Å². The molecule has 0 amide bonds. The molecule has 3 nitrogen and oxygen atoms in total. The van der Waals surface area contributed by atoms with Crippen LogP contribution in [0.2, 0.25) is 0 Å². The molecule has 1 aliphatic rings. The van der Waals surface area contributed by atoms with Crippen LogP contribution in [0.1, 0.15) is 31.4 Å². The van der Waals surface area contributed by atoms with Crippen molar-refractivity contribution >= 4 is 5.69 Å². The first-order valence-electron chi connectivity index (χ1n) is 7.19. The highest BCUT2D eigenvalue weighted by Crippen LogP contribution is 2.26. The Hall–Kier alpha value is -1.53. The van der Waals surface area contributed by atoms with Crippen molar-refractivity contribution in [3.63, 3.8) is 0 Å². The van der Waals surface area contributed by atoms with E-state index in [1.165, 1.54) is 17.7 Å². The predicted molar refractivity (Wildman–Crippen MR) is 79.4 cm³/mol. The summed E-state index contributed by atoms with van der Waals surface area (Å²) < 4.78 is 0. The van der Waals surface area contributed by atoms with E-state index >= 15 is 0 Å². The second-order valence-electron chi connectivity index (χ2n) is 5.22. The molecular weight excluding hydrogens is 234 g/mol. The lowest BCUT2D eigenvalue weighted by Crippen LogP contribution is -2.37. The van der Waals surface area contributed by atoms with Gasteiger partial charge in [-0.2, -0.15) is 5.26 Å². The maximum atomic E-state index is 8.93. The van der Waals surface area contributed by atoms with Gasteiger partial charge in [0.05, 0.1) is 11.6 Å². The van der Waals surface area contributed by atoms with E-state index in [0.29, 0.717) is 6.04 Å². The lowest BCUT2D eigenvalue weighted by molar-refractivity contribution is 0.232. The van der Waals surface area contributed by atoms with Crippen molar-refractivity contribution in [3.05, 3.63) is 29.3 Å². The summed E-state index contributed by atoms with van der Waals surface area (Å²) >= 11 is 0. The monoisotopic (exact) mass is 257 g/mol. The van der Waals surface area contributed by atoms with Crippen molar-refractivity contribution in [1.82, 2.24) is 4.90 Å². The Morgan fingerprint density at radius 2 is 2.11 bits per heavy atom. The van der Waals surface area contributed by atoms with Crippen LogP contribution in [0.4, 0.5) is 5.69 Å². The Morgan fingerprint density at radius 1 is 1.37 bits per heavy atom. The third kappa shape index (κ3) is 2.90. The van der Waals surface area contributed by atoms with Crippen LogP contribution in [-0.2, 0) is 0 Å². The van der Waals surface area contributed by atoms with Crippen LogP contribution in [0.15, 0.2) is 18.2 Å². The van der Waals surface area contributed by atoms with Gasteiger partial charge in [0.15, 0.2) is 0 Å². The molecule has 1 aromatic rings. The first-order valence-corrected chi connectivity index (χ1v) is 7.19. The predicted octanol–water partition coefficient (Wildman–Crippen LogP) is 2.79. The van der Waals surface area contributed by atoms with Crippen LogP contribution in [0.5, 0.6) is 0 Å². The molecule has 1 fully saturated rings. The number of rotatable bonds is 4. The van der Waals surface area contributed by atoms with Crippen molar-refractivity contribution in [2.45, 2.75) is 33.2 Å². The third-order valence-electron chi connectivity index (χ3n) is 4.16. The van der Waals surface area contributed by atoms with Gasteiger partial charge in [-0.1, -0.05) is 13.8 Å². The summed E-state index contributed by atoms with van der Waals surface area (Å²) in [5.41, 5.74) is 3.24. The quantitative estimate of drug-likeness (QED) is 0.831. The molecule has 1 unspecified atom stereocenters. The maximum absolute atomic E-state index is 8.93. The van der Waals surface area contributed by atoms with Gasteiger partial charge in [-0.05, 0) is 50.2 Å². The molecule has 1 saturated heterocycles. The number of hydrogen-bond acceptors (Lipinski definition) is 3. The molecule has 1 atom stereocenters. The number of nitrogens with zero attached hydrogens (tertiary/aromatic N) is 3. The number of hydrogen-bond donors (Lipinski definition) is 0. The van der Waals surface area contributed by atoms with E-state index in [-0.39, 0.29) is 0 Å². The molecule has 0 N–H and O–H groups in total. The van der Waals surface area contributed by atoms with Crippen molar-refractivity contribution in [3.8, 4) is 6.07 Å². The smallest absolute Gasteiger partial charge is 0.0991 e. The lowest BCUT2D eigenvalue weighted by atomic mass is 10.1. The fourth-order valence-corrected chi connectivity index (χ4v) is 3.08. The molecule has 0 radical (unpaired) electrons. The summed E-state index contributed by atoms with van der Waals surface area (Å²) in [6.07, 6.45) is 1.24.